The fourth-order valence-corrected chi connectivity index (χ4v) is 2.79. The normalized spacial score (nSPS) is 11.5. The van der Waals surface area contributed by atoms with Gasteiger partial charge in [-0.15, -0.1) is 0 Å². The SMILES string of the molecule is CCCNCCCS(=O)(=O)Nc1cc(F)ccc1C. The highest BCUT2D eigenvalue weighted by Gasteiger charge is 2.11. The van der Waals surface area contributed by atoms with Crippen LogP contribution in [0.1, 0.15) is 25.3 Å². The second-order valence-electron chi connectivity index (χ2n) is 4.48. The maximum Gasteiger partial charge on any atom is 0.232 e. The average Bonchev–Trinajstić information content (AvgIpc) is 2.33. The third-order valence-electron chi connectivity index (χ3n) is 2.66. The van der Waals surface area contributed by atoms with Crippen LogP contribution in [0.15, 0.2) is 18.2 Å². The molecule has 0 aliphatic rings. The summed E-state index contributed by atoms with van der Waals surface area (Å²) in [6, 6.07) is 4.06. The minimum Gasteiger partial charge on any atom is -0.317 e. The number of hydrogen-bond acceptors (Lipinski definition) is 3. The van der Waals surface area contributed by atoms with E-state index in [1.54, 1.807) is 13.0 Å². The number of hydrogen-bond donors (Lipinski definition) is 2. The van der Waals surface area contributed by atoms with E-state index >= 15 is 0 Å². The Hall–Kier alpha value is -1.14. The van der Waals surface area contributed by atoms with Crippen LogP contribution in [0.2, 0.25) is 0 Å². The zero-order valence-electron chi connectivity index (χ0n) is 11.4. The highest BCUT2D eigenvalue weighted by atomic mass is 32.2. The van der Waals surface area contributed by atoms with E-state index in [0.29, 0.717) is 24.2 Å². The van der Waals surface area contributed by atoms with Crippen LogP contribution in [0, 0.1) is 12.7 Å². The van der Waals surface area contributed by atoms with Crippen LogP contribution in [0.5, 0.6) is 0 Å². The molecule has 0 aliphatic heterocycles. The van der Waals surface area contributed by atoms with E-state index in [0.717, 1.165) is 13.0 Å². The van der Waals surface area contributed by atoms with Crippen LogP contribution in [0.25, 0.3) is 0 Å². The number of anilines is 1. The number of benzene rings is 1. The molecule has 2 N–H and O–H groups in total. The molecule has 0 amide bonds. The first-order chi connectivity index (χ1) is 8.94. The fourth-order valence-electron chi connectivity index (χ4n) is 1.61. The summed E-state index contributed by atoms with van der Waals surface area (Å²) in [4.78, 5) is 0. The first-order valence-electron chi connectivity index (χ1n) is 6.42. The predicted octanol–water partition coefficient (Wildman–Crippen LogP) is 2.27. The summed E-state index contributed by atoms with van der Waals surface area (Å²) in [5.74, 6) is -0.424. The highest BCUT2D eigenvalue weighted by Crippen LogP contribution is 2.17. The number of rotatable bonds is 8. The molecular weight excluding hydrogens is 267 g/mol. The lowest BCUT2D eigenvalue weighted by Gasteiger charge is -2.10. The minimum atomic E-state index is -3.42. The van der Waals surface area contributed by atoms with Crippen molar-refractivity contribution in [1.29, 1.82) is 0 Å². The first-order valence-corrected chi connectivity index (χ1v) is 8.07. The monoisotopic (exact) mass is 288 g/mol. The third kappa shape index (κ3) is 6.02. The maximum absolute atomic E-state index is 13.1. The topological polar surface area (TPSA) is 58.2 Å². The molecule has 4 nitrogen and oxygen atoms in total. The van der Waals surface area contributed by atoms with Crippen molar-refractivity contribution in [2.45, 2.75) is 26.7 Å². The van der Waals surface area contributed by atoms with Crippen molar-refractivity contribution >= 4 is 15.7 Å². The summed E-state index contributed by atoms with van der Waals surface area (Å²) in [6.07, 6.45) is 1.55. The van der Waals surface area contributed by atoms with Crippen molar-refractivity contribution in [2.24, 2.45) is 0 Å². The summed E-state index contributed by atoms with van der Waals surface area (Å²) in [5, 5.41) is 3.14. The van der Waals surface area contributed by atoms with Crippen molar-refractivity contribution < 1.29 is 12.8 Å². The highest BCUT2D eigenvalue weighted by molar-refractivity contribution is 7.92. The minimum absolute atomic E-state index is 0.0274. The summed E-state index contributed by atoms with van der Waals surface area (Å²) in [7, 11) is -3.42. The van der Waals surface area contributed by atoms with Gasteiger partial charge < -0.3 is 5.32 Å². The van der Waals surface area contributed by atoms with Crippen LogP contribution >= 0.6 is 0 Å². The van der Waals surface area contributed by atoms with Gasteiger partial charge in [0.15, 0.2) is 0 Å². The molecule has 0 saturated carbocycles. The molecule has 0 aliphatic carbocycles. The van der Waals surface area contributed by atoms with E-state index in [4.69, 9.17) is 0 Å². The van der Waals surface area contributed by atoms with E-state index < -0.39 is 15.8 Å². The Labute approximate surface area is 114 Å². The van der Waals surface area contributed by atoms with Crippen LogP contribution in [0.4, 0.5) is 10.1 Å². The number of sulfonamides is 1. The van der Waals surface area contributed by atoms with Gasteiger partial charge in [-0.3, -0.25) is 4.72 Å². The van der Waals surface area contributed by atoms with Gasteiger partial charge in [0.2, 0.25) is 10.0 Å². The quantitative estimate of drug-likeness (QED) is 0.721. The predicted molar refractivity (Wildman–Crippen MR) is 76.3 cm³/mol. The Morgan fingerprint density at radius 2 is 2.00 bits per heavy atom. The number of nitrogens with one attached hydrogen (secondary N) is 2. The molecule has 0 bridgehead atoms. The molecule has 1 aromatic rings. The molecule has 0 heterocycles. The molecule has 0 aromatic heterocycles. The summed E-state index contributed by atoms with van der Waals surface area (Å²) in [6.45, 7) is 5.34. The zero-order valence-corrected chi connectivity index (χ0v) is 12.2. The lowest BCUT2D eigenvalue weighted by Crippen LogP contribution is -2.22. The molecule has 6 heteroatoms. The second-order valence-corrected chi connectivity index (χ2v) is 6.33. The van der Waals surface area contributed by atoms with Crippen molar-refractivity contribution in [3.8, 4) is 0 Å². The van der Waals surface area contributed by atoms with E-state index in [9.17, 15) is 12.8 Å². The number of halogens is 1. The van der Waals surface area contributed by atoms with Gasteiger partial charge in [0.05, 0.1) is 11.4 Å². The van der Waals surface area contributed by atoms with Crippen molar-refractivity contribution in [1.82, 2.24) is 5.32 Å². The lowest BCUT2D eigenvalue weighted by atomic mass is 10.2. The molecule has 1 aromatic carbocycles. The second kappa shape index (κ2) is 7.45. The number of aryl methyl sites for hydroxylation is 1. The molecular formula is C13H21FN2O2S. The Morgan fingerprint density at radius 1 is 1.26 bits per heavy atom. The van der Waals surface area contributed by atoms with E-state index in [1.165, 1.54) is 12.1 Å². The molecule has 1 rings (SSSR count). The molecule has 0 atom stereocenters. The van der Waals surface area contributed by atoms with Crippen molar-refractivity contribution in [3.05, 3.63) is 29.6 Å². The van der Waals surface area contributed by atoms with Crippen molar-refractivity contribution in [2.75, 3.05) is 23.6 Å². The first kappa shape index (κ1) is 15.9. The summed E-state index contributed by atoms with van der Waals surface area (Å²) < 4.78 is 39.2. The smallest absolute Gasteiger partial charge is 0.232 e. The van der Waals surface area contributed by atoms with Crippen LogP contribution in [0.3, 0.4) is 0 Å². The average molecular weight is 288 g/mol. The molecule has 0 fully saturated rings. The lowest BCUT2D eigenvalue weighted by molar-refractivity contribution is 0.593. The largest absolute Gasteiger partial charge is 0.317 e. The molecule has 0 spiro atoms. The van der Waals surface area contributed by atoms with Gasteiger partial charge in [0.25, 0.3) is 0 Å². The molecule has 0 radical (unpaired) electrons. The molecule has 19 heavy (non-hydrogen) atoms. The van der Waals surface area contributed by atoms with E-state index in [1.807, 2.05) is 0 Å². The standard InChI is InChI=1S/C13H21FN2O2S/c1-3-7-15-8-4-9-19(17,18)16-13-10-12(14)6-5-11(13)2/h5-6,10,15-16H,3-4,7-9H2,1-2H3. The van der Waals surface area contributed by atoms with Gasteiger partial charge in [-0.1, -0.05) is 13.0 Å². The Kier molecular flexibility index (Phi) is 6.24. The Morgan fingerprint density at radius 3 is 2.68 bits per heavy atom. The van der Waals surface area contributed by atoms with Gasteiger partial charge in [0.1, 0.15) is 5.82 Å². The van der Waals surface area contributed by atoms with Gasteiger partial charge in [-0.05, 0) is 50.6 Å². The maximum atomic E-state index is 13.1. The third-order valence-corrected chi connectivity index (χ3v) is 4.02. The van der Waals surface area contributed by atoms with E-state index in [-0.39, 0.29) is 5.75 Å². The summed E-state index contributed by atoms with van der Waals surface area (Å²) in [5.41, 5.74) is 1.01. The Balaban J connectivity index is 2.52. The van der Waals surface area contributed by atoms with E-state index in [2.05, 4.69) is 17.0 Å². The Bertz CT molecular complexity index is 503. The van der Waals surface area contributed by atoms with Crippen LogP contribution in [-0.4, -0.2) is 27.3 Å². The van der Waals surface area contributed by atoms with Gasteiger partial charge in [0, 0.05) is 0 Å². The van der Waals surface area contributed by atoms with Crippen molar-refractivity contribution in [3.63, 3.8) is 0 Å². The molecule has 0 saturated heterocycles. The van der Waals surface area contributed by atoms with Crippen LogP contribution in [-0.2, 0) is 10.0 Å². The van der Waals surface area contributed by atoms with Gasteiger partial charge in [-0.25, -0.2) is 12.8 Å². The fraction of sp³-hybridized carbons (Fsp3) is 0.538. The molecule has 0 unspecified atom stereocenters. The zero-order chi connectivity index (χ0) is 14.3. The van der Waals surface area contributed by atoms with Gasteiger partial charge >= 0.3 is 0 Å². The molecule has 108 valence electrons. The van der Waals surface area contributed by atoms with Crippen LogP contribution < -0.4 is 10.0 Å². The van der Waals surface area contributed by atoms with Gasteiger partial charge in [-0.2, -0.15) is 0 Å². The summed E-state index contributed by atoms with van der Waals surface area (Å²) >= 11 is 0.